The van der Waals surface area contributed by atoms with Gasteiger partial charge in [-0.15, -0.1) is 0 Å². The highest BCUT2D eigenvalue weighted by atomic mass is 17.2. The van der Waals surface area contributed by atoms with Gasteiger partial charge in [-0.1, -0.05) is 53.9 Å². The molecule has 0 radical (unpaired) electrons. The summed E-state index contributed by atoms with van der Waals surface area (Å²) in [6.45, 7) is 19.8. The molecule has 23 nitrogen and oxygen atoms in total. The first-order valence-corrected chi connectivity index (χ1v) is 34.8. The van der Waals surface area contributed by atoms with Crippen molar-refractivity contribution in [2.45, 2.75) is 201 Å². The summed E-state index contributed by atoms with van der Waals surface area (Å²) < 4.78 is 44.5. The van der Waals surface area contributed by atoms with Gasteiger partial charge in [-0.3, -0.25) is 33.6 Å². The molecule has 10 atom stereocenters. The van der Waals surface area contributed by atoms with E-state index in [0.29, 0.717) is 103 Å². The number of ketones is 3. The van der Waals surface area contributed by atoms with Crippen LogP contribution in [0.25, 0.3) is 0 Å². The van der Waals surface area contributed by atoms with Crippen LogP contribution in [0.15, 0.2) is 0 Å². The molecule has 0 aromatic heterocycles. The van der Waals surface area contributed by atoms with Crippen LogP contribution in [0.4, 0.5) is 0 Å². The zero-order chi connectivity index (χ0) is 66.0. The summed E-state index contributed by atoms with van der Waals surface area (Å²) in [6, 6.07) is -0.941. The van der Waals surface area contributed by atoms with Crippen LogP contribution in [0.5, 0.6) is 0 Å². The van der Waals surface area contributed by atoms with Crippen molar-refractivity contribution in [2.24, 2.45) is 58.0 Å². The Morgan fingerprint density at radius 2 is 1.02 bits per heavy atom. The Hall–Kier alpha value is -3.59. The number of hydrogen-bond acceptors (Lipinski definition) is 20. The molecular weight excluding hydrogens is 1180 g/mol. The topological polar surface area (TPSA) is 292 Å². The number of unbranched alkanes of at least 4 members (excludes halogenated alkanes) is 1. The minimum absolute atomic E-state index is 0.0186. The number of carbonyl (C=O) groups is 7. The van der Waals surface area contributed by atoms with Gasteiger partial charge in [-0.25, -0.2) is 19.6 Å². The Kier molecular flexibility index (Phi) is 41.5. The number of nitrogens with one attached hydrogen (secondary N) is 3. The minimum atomic E-state index is -0.941. The number of carbonyl (C=O) groups excluding carboxylic acids is 7. The molecule has 0 spiro atoms. The maximum Gasteiger partial charge on any atom is 0.308 e. The Morgan fingerprint density at radius 3 is 1.63 bits per heavy atom. The van der Waals surface area contributed by atoms with Crippen LogP contribution >= 0.6 is 0 Å². The van der Waals surface area contributed by atoms with Gasteiger partial charge in [0.25, 0.3) is 0 Å². The Bertz CT molecular complexity index is 2060. The van der Waals surface area contributed by atoms with E-state index in [1.807, 2.05) is 0 Å². The summed E-state index contributed by atoms with van der Waals surface area (Å²) in [7, 11) is 0. The predicted octanol–water partition coefficient (Wildman–Crippen LogP) is 7.73. The maximum atomic E-state index is 13.4. The van der Waals surface area contributed by atoms with Crippen molar-refractivity contribution in [2.75, 3.05) is 139 Å². The summed E-state index contributed by atoms with van der Waals surface area (Å²) in [5.41, 5.74) is 6.01. The van der Waals surface area contributed by atoms with Crippen molar-refractivity contribution in [1.82, 2.24) is 16.0 Å². The van der Waals surface area contributed by atoms with E-state index >= 15 is 0 Å². The largest absolute Gasteiger partial charge is 0.462 e. The smallest absolute Gasteiger partial charge is 0.308 e. The van der Waals surface area contributed by atoms with Gasteiger partial charge in [-0.2, -0.15) is 0 Å². The van der Waals surface area contributed by atoms with Crippen molar-refractivity contribution in [1.29, 1.82) is 0 Å². The predicted molar refractivity (Wildman–Crippen MR) is 341 cm³/mol. The molecule has 4 saturated carbocycles. The van der Waals surface area contributed by atoms with Gasteiger partial charge in [0.15, 0.2) is 5.78 Å². The van der Waals surface area contributed by atoms with Gasteiger partial charge in [-0.05, 0) is 136 Å². The third kappa shape index (κ3) is 32.6. The van der Waals surface area contributed by atoms with Crippen LogP contribution in [0, 0.1) is 52.3 Å². The number of esters is 1. The summed E-state index contributed by atoms with van der Waals surface area (Å²) >= 11 is 0. The van der Waals surface area contributed by atoms with Crippen molar-refractivity contribution in [3.8, 4) is 0 Å². The zero-order valence-corrected chi connectivity index (χ0v) is 56.6. The third-order valence-corrected chi connectivity index (χ3v) is 19.3. The highest BCUT2D eigenvalue weighted by Crippen LogP contribution is 2.68. The monoisotopic (exact) mass is 1300 g/mol. The number of ether oxygens (including phenoxy) is 8. The first-order chi connectivity index (χ1) is 44.0. The Balaban J connectivity index is 0.864. The molecule has 0 aliphatic heterocycles. The fraction of sp³-hybridized carbons (Fsp3) is 0.897. The van der Waals surface area contributed by atoms with E-state index in [0.717, 1.165) is 61.2 Å². The molecule has 4 fully saturated rings. The molecule has 3 amide bonds. The van der Waals surface area contributed by atoms with Crippen molar-refractivity contribution < 1.29 is 91.0 Å². The van der Waals surface area contributed by atoms with Gasteiger partial charge < -0.3 is 59.6 Å². The molecule has 5 N–H and O–H groups in total. The number of fused-ring (bicyclic) bond motifs is 5. The molecular formula is C68H120N4O19. The SMILES string of the molecule is CC(=O)N[C@H](CC(=O)OC1CC[C@@]2(C)C(CCC3C2CC[C@@]2(C)C3CC[C@@H]2C(C)CCCC(C)C)C1)C(=O)CCCOCCOOCCOCCC(=O)CCCOCCOCCOCCC(=O)NCCOCCOOCCOCCC(=O)NCCCCC(=O)CN. The average molecular weight is 1300 g/mol. The van der Waals surface area contributed by atoms with Crippen molar-refractivity contribution in [3.63, 3.8) is 0 Å². The first-order valence-electron chi connectivity index (χ1n) is 34.8. The molecule has 91 heavy (non-hydrogen) atoms. The van der Waals surface area contributed by atoms with Crippen molar-refractivity contribution >= 4 is 41.0 Å². The summed E-state index contributed by atoms with van der Waals surface area (Å²) in [5, 5.41) is 8.23. The van der Waals surface area contributed by atoms with Gasteiger partial charge in [0.2, 0.25) is 17.7 Å². The van der Waals surface area contributed by atoms with Gasteiger partial charge in [0, 0.05) is 71.8 Å². The molecule has 4 rings (SSSR count). The van der Waals surface area contributed by atoms with E-state index in [2.05, 4.69) is 50.6 Å². The van der Waals surface area contributed by atoms with Gasteiger partial charge in [0.05, 0.1) is 98.3 Å². The summed E-state index contributed by atoms with van der Waals surface area (Å²) in [6.07, 6.45) is 18.6. The highest BCUT2D eigenvalue weighted by molar-refractivity contribution is 5.91. The lowest BCUT2D eigenvalue weighted by molar-refractivity contribution is -0.303. The lowest BCUT2D eigenvalue weighted by Crippen LogP contribution is -2.54. The fourth-order valence-electron chi connectivity index (χ4n) is 14.6. The van der Waals surface area contributed by atoms with Crippen LogP contribution in [0.3, 0.4) is 0 Å². The minimum Gasteiger partial charge on any atom is -0.462 e. The fourth-order valence-corrected chi connectivity index (χ4v) is 14.6. The second-order valence-electron chi connectivity index (χ2n) is 26.5. The highest BCUT2D eigenvalue weighted by Gasteiger charge is 2.61. The number of nitrogens with two attached hydrogens (primary N) is 1. The van der Waals surface area contributed by atoms with Crippen LogP contribution < -0.4 is 21.7 Å². The molecule has 4 aliphatic carbocycles. The lowest BCUT2D eigenvalue weighted by Gasteiger charge is -2.61. The average Bonchev–Trinajstić information content (AvgIpc) is 1.70. The van der Waals surface area contributed by atoms with E-state index in [9.17, 15) is 33.6 Å². The number of Topliss-reactive ketones (excluding diaryl/α,β-unsaturated/α-hetero) is 3. The first kappa shape index (κ1) is 79.8. The molecule has 0 bridgehead atoms. The number of amides is 3. The molecule has 0 aromatic carbocycles. The number of hydrogen-bond donors (Lipinski definition) is 4. The van der Waals surface area contributed by atoms with E-state index in [-0.39, 0.29) is 158 Å². The number of rotatable bonds is 56. The van der Waals surface area contributed by atoms with Crippen LogP contribution in [0.1, 0.15) is 189 Å². The Labute approximate surface area is 544 Å². The van der Waals surface area contributed by atoms with Gasteiger partial charge in [0.1, 0.15) is 44.1 Å². The van der Waals surface area contributed by atoms with E-state index in [4.69, 9.17) is 63.2 Å². The summed E-state index contributed by atoms with van der Waals surface area (Å²) in [4.78, 5) is 106. The molecule has 0 heterocycles. The van der Waals surface area contributed by atoms with Crippen molar-refractivity contribution in [3.05, 3.63) is 0 Å². The second kappa shape index (κ2) is 47.3. The molecule has 23 heteroatoms. The molecule has 0 aromatic rings. The van der Waals surface area contributed by atoms with Crippen LogP contribution in [-0.2, 0) is 91.0 Å². The standard InChI is InChI=1S/C68H120N4O19/c1-51(2)12-9-13-52(3)59-19-20-60-58-18-17-54-48-57(21-26-67(54,5)61(58)22-27-68(59,60)6)91-66(79)49-62(72-53(4)73)63(76)16-11-31-81-40-44-87-88-45-41-82-32-23-55(74)15-10-30-80-36-38-86-39-37-83-33-25-65(78)71-29-35-85-43-47-90-89-46-42-84-34-24-64(77)70-28-8-7-14-56(75)50-69/h51-52,54,57-62H,7-50,69H2,1-6H3,(H,70,77)(H,71,78)(H,72,73)/t52?,54?,57?,58?,59-,60?,61?,62-,67+,68-/m1/s1. The molecule has 526 valence electrons. The summed E-state index contributed by atoms with van der Waals surface area (Å²) in [5.74, 6) is 4.16. The molecule has 4 aliphatic rings. The Morgan fingerprint density at radius 1 is 0.495 bits per heavy atom. The molecule has 6 unspecified atom stereocenters. The maximum absolute atomic E-state index is 13.4. The van der Waals surface area contributed by atoms with E-state index in [1.54, 1.807) is 0 Å². The van der Waals surface area contributed by atoms with E-state index < -0.39 is 12.0 Å². The zero-order valence-electron chi connectivity index (χ0n) is 56.6. The van der Waals surface area contributed by atoms with Crippen LogP contribution in [-0.4, -0.2) is 192 Å². The molecule has 0 saturated heterocycles. The second-order valence-corrected chi connectivity index (χ2v) is 26.5. The quantitative estimate of drug-likeness (QED) is 0.0196. The van der Waals surface area contributed by atoms with Gasteiger partial charge >= 0.3 is 5.97 Å². The van der Waals surface area contributed by atoms with E-state index in [1.165, 1.54) is 64.7 Å². The normalized spacial score (nSPS) is 23.4. The van der Waals surface area contributed by atoms with Crippen LogP contribution in [0.2, 0.25) is 0 Å². The lowest BCUT2D eigenvalue weighted by atomic mass is 9.44. The third-order valence-electron chi connectivity index (χ3n) is 19.3.